The average molecular weight is 311 g/mol. The van der Waals surface area contributed by atoms with E-state index in [-0.39, 0.29) is 0 Å². The second-order valence-corrected chi connectivity index (χ2v) is 6.71. The highest BCUT2D eigenvalue weighted by Gasteiger charge is 2.09. The molecule has 21 heavy (non-hydrogen) atoms. The van der Waals surface area contributed by atoms with Crippen LogP contribution in [0.2, 0.25) is 0 Å². The number of hydrogen-bond donors (Lipinski definition) is 1. The van der Waals surface area contributed by atoms with Crippen molar-refractivity contribution in [1.82, 2.24) is 10.2 Å². The van der Waals surface area contributed by atoms with Crippen LogP contribution in [0.3, 0.4) is 0 Å². The van der Waals surface area contributed by atoms with Crippen molar-refractivity contribution in [2.75, 3.05) is 40.0 Å². The number of thioether (sulfide) groups is 1. The van der Waals surface area contributed by atoms with E-state index in [2.05, 4.69) is 56.4 Å². The van der Waals surface area contributed by atoms with Crippen molar-refractivity contribution in [1.29, 1.82) is 0 Å². The highest BCUT2D eigenvalue weighted by Crippen LogP contribution is 2.27. The van der Waals surface area contributed by atoms with Crippen molar-refractivity contribution in [3.63, 3.8) is 0 Å². The van der Waals surface area contributed by atoms with Crippen LogP contribution < -0.4 is 10.1 Å². The van der Waals surface area contributed by atoms with Crippen molar-refractivity contribution >= 4 is 11.8 Å². The molecule has 0 aliphatic heterocycles. The first-order valence-corrected chi connectivity index (χ1v) is 8.86. The van der Waals surface area contributed by atoms with E-state index in [1.165, 1.54) is 11.1 Å². The van der Waals surface area contributed by atoms with Gasteiger partial charge in [0.2, 0.25) is 0 Å². The second-order valence-electron chi connectivity index (χ2n) is 5.60. The van der Waals surface area contributed by atoms with Gasteiger partial charge in [0.1, 0.15) is 5.75 Å². The van der Waals surface area contributed by atoms with Crippen LogP contribution in [0.1, 0.15) is 37.4 Å². The van der Waals surface area contributed by atoms with Crippen molar-refractivity contribution in [2.24, 2.45) is 0 Å². The van der Waals surface area contributed by atoms with E-state index < -0.39 is 0 Å². The lowest BCUT2D eigenvalue weighted by Crippen LogP contribution is -2.19. The first-order chi connectivity index (χ1) is 10.1. The Kier molecular flexibility index (Phi) is 8.81. The summed E-state index contributed by atoms with van der Waals surface area (Å²) in [6, 6.07) is 6.94. The van der Waals surface area contributed by atoms with Crippen LogP contribution in [0, 0.1) is 0 Å². The van der Waals surface area contributed by atoms with E-state index >= 15 is 0 Å². The molecule has 0 spiro atoms. The zero-order chi connectivity index (χ0) is 15.7. The minimum absolute atomic E-state index is 0.390. The van der Waals surface area contributed by atoms with Crippen LogP contribution >= 0.6 is 11.8 Å². The molecule has 3 nitrogen and oxygen atoms in total. The molecule has 0 saturated heterocycles. The molecular weight excluding hydrogens is 280 g/mol. The predicted molar refractivity (Wildman–Crippen MR) is 94.4 cm³/mol. The molecule has 1 aromatic rings. The topological polar surface area (TPSA) is 24.5 Å². The highest BCUT2D eigenvalue weighted by atomic mass is 32.2. The summed E-state index contributed by atoms with van der Waals surface area (Å²) in [6.45, 7) is 6.59. The van der Waals surface area contributed by atoms with Gasteiger partial charge in [-0.05, 0) is 51.7 Å². The second kappa shape index (κ2) is 10.1. The van der Waals surface area contributed by atoms with Gasteiger partial charge in [0.15, 0.2) is 0 Å². The molecule has 0 aliphatic rings. The van der Waals surface area contributed by atoms with Crippen LogP contribution in [-0.4, -0.2) is 44.9 Å². The molecule has 1 unspecified atom stereocenters. The maximum atomic E-state index is 5.50. The van der Waals surface area contributed by atoms with Gasteiger partial charge in [-0.15, -0.1) is 0 Å². The molecule has 0 radical (unpaired) electrons. The summed E-state index contributed by atoms with van der Waals surface area (Å²) in [5.74, 6) is 3.15. The number of rotatable bonds is 10. The van der Waals surface area contributed by atoms with Crippen molar-refractivity contribution in [2.45, 2.75) is 32.1 Å². The van der Waals surface area contributed by atoms with Crippen LogP contribution in [0.15, 0.2) is 18.2 Å². The number of methoxy groups -OCH3 is 1. The lowest BCUT2D eigenvalue weighted by Gasteiger charge is -2.17. The van der Waals surface area contributed by atoms with Crippen LogP contribution in [0.5, 0.6) is 5.75 Å². The molecule has 4 heteroatoms. The first kappa shape index (κ1) is 18.3. The Morgan fingerprint density at radius 2 is 2.10 bits per heavy atom. The Hall–Kier alpha value is -0.710. The fraction of sp³-hybridized carbons (Fsp3) is 0.647. The number of benzene rings is 1. The molecule has 0 bridgehead atoms. The molecule has 1 aromatic carbocycles. The van der Waals surface area contributed by atoms with Crippen LogP contribution in [0.25, 0.3) is 0 Å². The van der Waals surface area contributed by atoms with Gasteiger partial charge in [-0.2, -0.15) is 11.8 Å². The molecule has 1 rings (SSSR count). The number of nitrogens with one attached hydrogen (secondary N) is 1. The molecule has 0 heterocycles. The minimum atomic E-state index is 0.390. The standard InChI is InChI=1S/C17H30N2OS/c1-6-9-18-14(2)15-7-8-17(20-5)16(12-15)13-21-11-10-19(3)4/h7-8,12,14,18H,6,9-11,13H2,1-5H3. The van der Waals surface area contributed by atoms with Gasteiger partial charge in [-0.25, -0.2) is 0 Å². The molecule has 1 N–H and O–H groups in total. The average Bonchev–Trinajstić information content (AvgIpc) is 2.48. The fourth-order valence-corrected chi connectivity index (χ4v) is 3.17. The monoisotopic (exact) mass is 310 g/mol. The molecule has 0 aromatic heterocycles. The maximum absolute atomic E-state index is 5.50. The van der Waals surface area contributed by atoms with Gasteiger partial charge in [-0.3, -0.25) is 0 Å². The zero-order valence-corrected chi connectivity index (χ0v) is 14.9. The number of nitrogens with zero attached hydrogens (tertiary/aromatic N) is 1. The van der Waals surface area contributed by atoms with E-state index in [9.17, 15) is 0 Å². The van der Waals surface area contributed by atoms with E-state index in [1.54, 1.807) is 7.11 Å². The van der Waals surface area contributed by atoms with E-state index in [0.717, 1.165) is 36.8 Å². The lowest BCUT2D eigenvalue weighted by atomic mass is 10.0. The highest BCUT2D eigenvalue weighted by molar-refractivity contribution is 7.98. The van der Waals surface area contributed by atoms with Gasteiger partial charge in [-0.1, -0.05) is 13.0 Å². The summed E-state index contributed by atoms with van der Waals surface area (Å²) in [5, 5.41) is 3.54. The Labute approximate surface area is 134 Å². The molecule has 0 aliphatic carbocycles. The summed E-state index contributed by atoms with van der Waals surface area (Å²) >= 11 is 1.96. The van der Waals surface area contributed by atoms with Crippen molar-refractivity contribution in [3.8, 4) is 5.75 Å². The Bertz CT molecular complexity index is 410. The zero-order valence-electron chi connectivity index (χ0n) is 14.1. The third-order valence-electron chi connectivity index (χ3n) is 3.45. The molecule has 0 amide bonds. The van der Waals surface area contributed by atoms with Gasteiger partial charge >= 0.3 is 0 Å². The predicted octanol–water partition coefficient (Wildman–Crippen LogP) is 3.55. The number of ether oxygens (including phenoxy) is 1. The first-order valence-electron chi connectivity index (χ1n) is 7.71. The molecule has 0 saturated carbocycles. The third-order valence-corrected chi connectivity index (χ3v) is 4.43. The smallest absolute Gasteiger partial charge is 0.122 e. The summed E-state index contributed by atoms with van der Waals surface area (Å²) in [6.07, 6.45) is 1.16. The van der Waals surface area contributed by atoms with Crippen molar-refractivity contribution < 1.29 is 4.74 Å². The Morgan fingerprint density at radius 3 is 2.71 bits per heavy atom. The normalized spacial score (nSPS) is 12.7. The quantitative estimate of drug-likeness (QED) is 0.668. The Morgan fingerprint density at radius 1 is 1.33 bits per heavy atom. The summed E-state index contributed by atoms with van der Waals surface area (Å²) in [7, 11) is 5.98. The molecule has 120 valence electrons. The van der Waals surface area contributed by atoms with Crippen LogP contribution in [-0.2, 0) is 5.75 Å². The van der Waals surface area contributed by atoms with Crippen LogP contribution in [0.4, 0.5) is 0 Å². The molecule has 1 atom stereocenters. The van der Waals surface area contributed by atoms with Gasteiger partial charge in [0, 0.05) is 29.7 Å². The SMILES string of the molecule is CCCNC(C)c1ccc(OC)c(CSCCN(C)C)c1. The van der Waals surface area contributed by atoms with Crippen molar-refractivity contribution in [3.05, 3.63) is 29.3 Å². The van der Waals surface area contributed by atoms with E-state index in [0.29, 0.717) is 6.04 Å². The van der Waals surface area contributed by atoms with Gasteiger partial charge < -0.3 is 15.0 Å². The lowest BCUT2D eigenvalue weighted by molar-refractivity contribution is 0.411. The summed E-state index contributed by atoms with van der Waals surface area (Å²) in [5.41, 5.74) is 2.64. The van der Waals surface area contributed by atoms with E-state index in [1.807, 2.05) is 11.8 Å². The molecule has 0 fully saturated rings. The maximum Gasteiger partial charge on any atom is 0.122 e. The number of hydrogen-bond acceptors (Lipinski definition) is 4. The fourth-order valence-electron chi connectivity index (χ4n) is 2.09. The molecular formula is C17H30N2OS. The van der Waals surface area contributed by atoms with Gasteiger partial charge in [0.25, 0.3) is 0 Å². The largest absolute Gasteiger partial charge is 0.496 e. The summed E-state index contributed by atoms with van der Waals surface area (Å²) in [4.78, 5) is 2.22. The third kappa shape index (κ3) is 6.72. The minimum Gasteiger partial charge on any atom is -0.496 e. The summed E-state index contributed by atoms with van der Waals surface area (Å²) < 4.78 is 5.50. The van der Waals surface area contributed by atoms with Gasteiger partial charge in [0.05, 0.1) is 7.11 Å². The van der Waals surface area contributed by atoms with E-state index in [4.69, 9.17) is 4.74 Å². The Balaban J connectivity index is 2.66.